The first-order chi connectivity index (χ1) is 14.1. The molecule has 0 amide bonds. The van der Waals surface area contributed by atoms with Crippen LogP contribution < -0.4 is 9.47 Å². The molecule has 4 nitrogen and oxygen atoms in total. The molecule has 1 saturated heterocycles. The number of hydrogen-bond acceptors (Lipinski definition) is 8. The van der Waals surface area contributed by atoms with Crippen LogP contribution in [-0.2, 0) is 0 Å². The third-order valence-corrected chi connectivity index (χ3v) is 15.3. The highest BCUT2D eigenvalue weighted by atomic mass is 33.2. The van der Waals surface area contributed by atoms with Gasteiger partial charge in [-0.2, -0.15) is 0 Å². The smallest absolute Gasteiger partial charge is 0.198 e. The lowest BCUT2D eigenvalue weighted by atomic mass is 9.91. The van der Waals surface area contributed by atoms with E-state index >= 15 is 0 Å². The van der Waals surface area contributed by atoms with E-state index < -0.39 is 19.4 Å². The van der Waals surface area contributed by atoms with Crippen LogP contribution in [0, 0.1) is 0 Å². The second kappa shape index (κ2) is 6.64. The number of carbonyl (C=O) groups is 2. The fourth-order valence-corrected chi connectivity index (χ4v) is 14.2. The summed E-state index contributed by atoms with van der Waals surface area (Å²) >= 11 is 0. The van der Waals surface area contributed by atoms with Crippen LogP contribution in [-0.4, -0.2) is 30.9 Å². The van der Waals surface area contributed by atoms with E-state index in [1.54, 1.807) is 0 Å². The molecule has 3 aliphatic heterocycles. The lowest BCUT2D eigenvalue weighted by molar-refractivity contribution is 0.0571. The molecule has 0 bridgehead atoms. The van der Waals surface area contributed by atoms with Gasteiger partial charge in [-0.1, -0.05) is 67.4 Å². The summed E-state index contributed by atoms with van der Waals surface area (Å²) in [7, 11) is 5.74. The molecule has 1 fully saturated rings. The second-order valence-corrected chi connectivity index (χ2v) is 14.1. The van der Waals surface area contributed by atoms with Crippen molar-refractivity contribution in [1.29, 1.82) is 0 Å². The zero-order valence-electron chi connectivity index (χ0n) is 16.9. The fourth-order valence-electron chi connectivity index (χ4n) is 3.89. The SMILES string of the molecule is CC1(C)Oc2ccccc2C(=O)C12SSC1(SS2)C(=O)c2ccccc2OC1(C)C. The van der Waals surface area contributed by atoms with Gasteiger partial charge in [-0.25, -0.2) is 0 Å². The molecule has 0 aromatic heterocycles. The summed E-state index contributed by atoms with van der Waals surface area (Å²) in [5, 5.41) is 0. The van der Waals surface area contributed by atoms with Crippen LogP contribution in [0.3, 0.4) is 0 Å². The van der Waals surface area contributed by atoms with Gasteiger partial charge < -0.3 is 9.47 Å². The Morgan fingerprint density at radius 1 is 0.600 bits per heavy atom. The maximum absolute atomic E-state index is 13.7. The molecular formula is C22H20O4S4. The predicted molar refractivity (Wildman–Crippen MR) is 127 cm³/mol. The van der Waals surface area contributed by atoms with Gasteiger partial charge in [0.05, 0.1) is 11.1 Å². The number of para-hydroxylation sites is 2. The summed E-state index contributed by atoms with van der Waals surface area (Å²) in [5.74, 6) is 1.28. The Kier molecular flexibility index (Phi) is 4.57. The number of ether oxygens (including phenoxy) is 2. The first kappa shape index (κ1) is 20.7. The molecule has 3 aliphatic rings. The van der Waals surface area contributed by atoms with E-state index in [4.69, 9.17) is 9.47 Å². The van der Waals surface area contributed by atoms with E-state index in [-0.39, 0.29) is 11.6 Å². The van der Waals surface area contributed by atoms with Gasteiger partial charge in [-0.05, 0) is 52.0 Å². The van der Waals surface area contributed by atoms with Crippen molar-refractivity contribution in [3.63, 3.8) is 0 Å². The average molecular weight is 477 g/mol. The minimum absolute atomic E-state index is 0.0292. The molecule has 0 atom stereocenters. The summed E-state index contributed by atoms with van der Waals surface area (Å²) in [5.41, 5.74) is -0.332. The zero-order chi connectivity index (χ0) is 21.4. The van der Waals surface area contributed by atoms with Crippen LogP contribution in [0.1, 0.15) is 48.4 Å². The van der Waals surface area contributed by atoms with Gasteiger partial charge in [0.2, 0.25) is 0 Å². The average Bonchev–Trinajstić information content (AvgIpc) is 2.71. The minimum Gasteiger partial charge on any atom is -0.484 e. The van der Waals surface area contributed by atoms with Crippen molar-refractivity contribution >= 4 is 54.7 Å². The van der Waals surface area contributed by atoms with Gasteiger partial charge in [-0.3, -0.25) is 9.59 Å². The van der Waals surface area contributed by atoms with Gasteiger partial charge in [-0.15, -0.1) is 0 Å². The topological polar surface area (TPSA) is 52.6 Å². The number of Topliss-reactive ketones (excluding diaryl/α,β-unsaturated/α-hetero) is 2. The Bertz CT molecular complexity index is 985. The van der Waals surface area contributed by atoms with Gasteiger partial charge in [0.15, 0.2) is 19.7 Å². The molecule has 2 aromatic carbocycles. The third kappa shape index (κ3) is 2.60. The monoisotopic (exact) mass is 476 g/mol. The Balaban J connectivity index is 1.55. The first-order valence-corrected chi connectivity index (χ1v) is 13.8. The maximum atomic E-state index is 13.7. The maximum Gasteiger partial charge on any atom is 0.198 e. The standard InChI is InChI=1S/C22H20O4S4/c1-19(2)21(17(23)13-9-5-7-11-15(13)25-19)27-29-22(30-28-21)18(24)14-10-6-8-12-16(14)26-20(22,3)4/h5-12H,1-4H3. The van der Waals surface area contributed by atoms with Gasteiger partial charge >= 0.3 is 0 Å². The van der Waals surface area contributed by atoms with Gasteiger partial charge in [0, 0.05) is 0 Å². The van der Waals surface area contributed by atoms with Crippen molar-refractivity contribution in [3.05, 3.63) is 59.7 Å². The van der Waals surface area contributed by atoms with E-state index in [2.05, 4.69) is 0 Å². The van der Waals surface area contributed by atoms with Gasteiger partial charge in [0.1, 0.15) is 22.7 Å². The number of benzene rings is 2. The first-order valence-electron chi connectivity index (χ1n) is 9.53. The van der Waals surface area contributed by atoms with Crippen LogP contribution >= 0.6 is 43.2 Å². The predicted octanol–water partition coefficient (Wildman–Crippen LogP) is 6.26. The van der Waals surface area contributed by atoms with E-state index in [1.165, 1.54) is 43.2 Å². The number of rotatable bonds is 0. The summed E-state index contributed by atoms with van der Waals surface area (Å²) in [6.45, 7) is 7.78. The summed E-state index contributed by atoms with van der Waals surface area (Å²) in [4.78, 5) is 27.3. The lowest BCUT2D eigenvalue weighted by Gasteiger charge is -2.55. The highest BCUT2D eigenvalue weighted by molar-refractivity contribution is 8.94. The molecule has 0 saturated carbocycles. The second-order valence-electron chi connectivity index (χ2n) is 8.44. The van der Waals surface area contributed by atoms with Crippen molar-refractivity contribution in [2.45, 2.75) is 47.1 Å². The minimum atomic E-state index is -0.880. The number of fused-ring (bicyclic) bond motifs is 2. The highest BCUT2D eigenvalue weighted by Gasteiger charge is 2.68. The summed E-state index contributed by atoms with van der Waals surface area (Å²) in [6, 6.07) is 14.7. The number of carbonyl (C=O) groups excluding carboxylic acids is 2. The number of hydrogen-bond donors (Lipinski definition) is 0. The normalized spacial score (nSPS) is 30.9. The van der Waals surface area contributed by atoms with Crippen molar-refractivity contribution in [3.8, 4) is 11.5 Å². The van der Waals surface area contributed by atoms with E-state index in [0.717, 1.165) is 0 Å². The van der Waals surface area contributed by atoms with Gasteiger partial charge in [0.25, 0.3) is 0 Å². The van der Waals surface area contributed by atoms with Crippen LogP contribution in [0.5, 0.6) is 11.5 Å². The lowest BCUT2D eigenvalue weighted by Crippen LogP contribution is -2.62. The van der Waals surface area contributed by atoms with Crippen molar-refractivity contribution < 1.29 is 19.1 Å². The van der Waals surface area contributed by atoms with E-state index in [1.807, 2.05) is 76.2 Å². The highest BCUT2D eigenvalue weighted by Crippen LogP contribution is 2.73. The fraction of sp³-hybridized carbons (Fsp3) is 0.364. The molecule has 0 aliphatic carbocycles. The third-order valence-electron chi connectivity index (χ3n) is 5.73. The number of ketones is 2. The molecule has 0 N–H and O–H groups in total. The Hall–Kier alpha value is -1.22. The van der Waals surface area contributed by atoms with Crippen molar-refractivity contribution in [2.75, 3.05) is 0 Å². The van der Waals surface area contributed by atoms with Crippen LogP contribution in [0.2, 0.25) is 0 Å². The Morgan fingerprint density at radius 3 is 1.30 bits per heavy atom. The van der Waals surface area contributed by atoms with E-state index in [0.29, 0.717) is 22.6 Å². The Morgan fingerprint density at radius 2 is 0.933 bits per heavy atom. The quantitative estimate of drug-likeness (QED) is 0.413. The summed E-state index contributed by atoms with van der Waals surface area (Å²) in [6.07, 6.45) is 0. The largest absolute Gasteiger partial charge is 0.484 e. The molecule has 8 heteroatoms. The molecule has 2 aromatic rings. The summed E-state index contributed by atoms with van der Waals surface area (Å²) < 4.78 is 10.8. The molecule has 30 heavy (non-hydrogen) atoms. The molecule has 5 rings (SSSR count). The molecule has 2 spiro atoms. The van der Waals surface area contributed by atoms with E-state index in [9.17, 15) is 9.59 Å². The Labute approximate surface area is 191 Å². The van der Waals surface area contributed by atoms with Crippen LogP contribution in [0.4, 0.5) is 0 Å². The molecule has 0 unspecified atom stereocenters. The molecule has 3 heterocycles. The van der Waals surface area contributed by atoms with Crippen LogP contribution in [0.15, 0.2) is 48.5 Å². The molecule has 156 valence electrons. The van der Waals surface area contributed by atoms with Crippen LogP contribution in [0.25, 0.3) is 0 Å². The van der Waals surface area contributed by atoms with Crippen molar-refractivity contribution in [1.82, 2.24) is 0 Å². The molecular weight excluding hydrogens is 457 g/mol. The van der Waals surface area contributed by atoms with Crippen molar-refractivity contribution in [2.24, 2.45) is 0 Å². The molecule has 0 radical (unpaired) electrons. The zero-order valence-corrected chi connectivity index (χ0v) is 20.2.